The van der Waals surface area contributed by atoms with Gasteiger partial charge in [0, 0.05) is 38.8 Å². The third-order valence-corrected chi connectivity index (χ3v) is 5.09. The molecule has 0 aliphatic heterocycles. The average Bonchev–Trinajstić information content (AvgIpc) is 2.66. The van der Waals surface area contributed by atoms with Crippen LogP contribution in [0.25, 0.3) is 0 Å². The van der Waals surface area contributed by atoms with Crippen LogP contribution in [0.5, 0.6) is 5.75 Å². The predicted molar refractivity (Wildman–Crippen MR) is 111 cm³/mol. The second-order valence-electron chi connectivity index (χ2n) is 7.82. The molecule has 0 amide bonds. The van der Waals surface area contributed by atoms with E-state index in [1.165, 1.54) is 12.1 Å². The van der Waals surface area contributed by atoms with Gasteiger partial charge in [-0.2, -0.15) is 0 Å². The van der Waals surface area contributed by atoms with E-state index in [4.69, 9.17) is 0 Å². The van der Waals surface area contributed by atoms with Crippen LogP contribution in [0.4, 0.5) is 24.8 Å². The number of rotatable bonds is 7. The molecule has 0 atom stereocenters. The molecule has 0 radical (unpaired) electrons. The lowest BCUT2D eigenvalue weighted by molar-refractivity contribution is -0.274. The van der Waals surface area contributed by atoms with E-state index in [1.54, 1.807) is 12.1 Å². The predicted octanol–water partition coefficient (Wildman–Crippen LogP) is 4.26. The zero-order valence-corrected chi connectivity index (χ0v) is 17.5. The summed E-state index contributed by atoms with van der Waals surface area (Å²) in [6, 6.07) is 8.73. The van der Waals surface area contributed by atoms with Crippen molar-refractivity contribution in [3.8, 4) is 5.75 Å². The minimum atomic E-state index is -4.67. The zero-order valence-electron chi connectivity index (χ0n) is 17.5. The summed E-state index contributed by atoms with van der Waals surface area (Å²) in [6.45, 7) is 2.39. The van der Waals surface area contributed by atoms with Gasteiger partial charge < -0.3 is 20.3 Å². The molecule has 1 saturated carbocycles. The molecule has 0 saturated heterocycles. The number of anilines is 2. The Labute approximate surface area is 174 Å². The topological polar surface area (TPSA) is 62.3 Å². The second-order valence-corrected chi connectivity index (χ2v) is 7.82. The number of ether oxygens (including phenoxy) is 1. The first-order chi connectivity index (χ1) is 14.2. The fraction of sp³-hybridized carbons (Fsp3) is 0.524. The number of aryl methyl sites for hydroxylation is 1. The largest absolute Gasteiger partial charge is 0.573 e. The summed E-state index contributed by atoms with van der Waals surface area (Å²) in [5.41, 5.74) is 0.768. The molecule has 1 fully saturated rings. The van der Waals surface area contributed by atoms with E-state index in [9.17, 15) is 13.2 Å². The van der Waals surface area contributed by atoms with Crippen LogP contribution in [0.2, 0.25) is 0 Å². The van der Waals surface area contributed by atoms with Crippen LogP contribution in [0.3, 0.4) is 0 Å². The number of aromatic nitrogens is 2. The second kappa shape index (κ2) is 9.51. The van der Waals surface area contributed by atoms with Crippen molar-refractivity contribution in [3.63, 3.8) is 0 Å². The van der Waals surface area contributed by atoms with Gasteiger partial charge in [-0.3, -0.25) is 0 Å². The van der Waals surface area contributed by atoms with Crippen molar-refractivity contribution < 1.29 is 17.9 Å². The molecule has 2 aromatic rings. The molecule has 1 heterocycles. The molecule has 2 N–H and O–H groups in total. The lowest BCUT2D eigenvalue weighted by Gasteiger charge is -2.30. The first kappa shape index (κ1) is 22.1. The molecule has 3 rings (SSSR count). The van der Waals surface area contributed by atoms with Gasteiger partial charge in [0.25, 0.3) is 0 Å². The number of halogens is 3. The molecule has 164 valence electrons. The number of hydrogen-bond donors (Lipinski definition) is 2. The van der Waals surface area contributed by atoms with Gasteiger partial charge in [0.05, 0.1) is 0 Å². The molecule has 0 unspecified atom stereocenters. The molecule has 0 spiro atoms. The van der Waals surface area contributed by atoms with Crippen LogP contribution in [-0.4, -0.2) is 42.5 Å². The maximum atomic E-state index is 12.4. The van der Waals surface area contributed by atoms with Gasteiger partial charge in [-0.1, -0.05) is 12.1 Å². The molecule has 1 aliphatic carbocycles. The monoisotopic (exact) mass is 423 g/mol. The number of benzene rings is 1. The van der Waals surface area contributed by atoms with Crippen molar-refractivity contribution in [1.29, 1.82) is 0 Å². The fourth-order valence-electron chi connectivity index (χ4n) is 3.62. The quantitative estimate of drug-likeness (QED) is 0.694. The Morgan fingerprint density at radius 3 is 2.43 bits per heavy atom. The maximum Gasteiger partial charge on any atom is 0.573 e. The van der Waals surface area contributed by atoms with Gasteiger partial charge >= 0.3 is 6.36 Å². The van der Waals surface area contributed by atoms with Gasteiger partial charge in [-0.25, -0.2) is 9.97 Å². The first-order valence-electron chi connectivity index (χ1n) is 10.1. The minimum Gasteiger partial charge on any atom is -0.406 e. The maximum absolute atomic E-state index is 12.4. The van der Waals surface area contributed by atoms with E-state index in [2.05, 4.69) is 25.3 Å². The third kappa shape index (κ3) is 6.76. The summed E-state index contributed by atoms with van der Waals surface area (Å²) in [7, 11) is 3.90. The van der Waals surface area contributed by atoms with Crippen molar-refractivity contribution >= 4 is 11.6 Å². The van der Waals surface area contributed by atoms with Crippen LogP contribution in [0, 0.1) is 6.92 Å². The lowest BCUT2D eigenvalue weighted by atomic mass is 9.91. The van der Waals surface area contributed by atoms with Gasteiger partial charge in [-0.05, 0) is 50.3 Å². The van der Waals surface area contributed by atoms with Crippen molar-refractivity contribution in [1.82, 2.24) is 15.3 Å². The Morgan fingerprint density at radius 1 is 1.07 bits per heavy atom. The number of alkyl halides is 3. The summed E-state index contributed by atoms with van der Waals surface area (Å²) in [5.74, 6) is 2.25. The summed E-state index contributed by atoms with van der Waals surface area (Å²) >= 11 is 0. The molecule has 9 heteroatoms. The molecule has 1 aromatic carbocycles. The smallest absolute Gasteiger partial charge is 0.406 e. The minimum absolute atomic E-state index is 0.188. The molecule has 1 aromatic heterocycles. The van der Waals surface area contributed by atoms with Crippen LogP contribution >= 0.6 is 0 Å². The molecular weight excluding hydrogens is 395 g/mol. The highest BCUT2D eigenvalue weighted by Crippen LogP contribution is 2.25. The summed E-state index contributed by atoms with van der Waals surface area (Å²) in [4.78, 5) is 10.8. The third-order valence-electron chi connectivity index (χ3n) is 5.09. The molecule has 30 heavy (non-hydrogen) atoms. The zero-order chi connectivity index (χ0) is 21.7. The molecular formula is C21H28F3N5O. The molecule has 1 aliphatic rings. The summed E-state index contributed by atoms with van der Waals surface area (Å²) < 4.78 is 41.1. The van der Waals surface area contributed by atoms with Crippen molar-refractivity contribution in [2.45, 2.75) is 57.6 Å². The number of nitrogens with zero attached hydrogens (tertiary/aromatic N) is 3. The Hall–Kier alpha value is -2.55. The molecule has 6 nitrogen and oxygen atoms in total. The SMILES string of the molecule is Cc1nc(NC2CCC(NCc3cccc(OC(F)(F)F)c3)CC2)cc(N(C)C)n1. The lowest BCUT2D eigenvalue weighted by Crippen LogP contribution is -2.36. The Bertz CT molecular complexity index is 836. The van der Waals surface area contributed by atoms with Gasteiger partial charge in [0.1, 0.15) is 23.2 Å². The van der Waals surface area contributed by atoms with Crippen molar-refractivity contribution in [2.24, 2.45) is 0 Å². The number of nitrogens with one attached hydrogen (secondary N) is 2. The van der Waals surface area contributed by atoms with Crippen LogP contribution < -0.4 is 20.3 Å². The van der Waals surface area contributed by atoms with E-state index in [-0.39, 0.29) is 5.75 Å². The molecule has 0 bridgehead atoms. The standard InChI is InChI=1S/C21H28F3N5O/c1-14-26-19(12-20(27-14)29(2)3)28-17-9-7-16(8-10-17)25-13-15-5-4-6-18(11-15)30-21(22,23)24/h4-6,11-12,16-17,25H,7-10,13H2,1-3H3,(H,26,27,28). The van der Waals surface area contributed by atoms with Crippen LogP contribution in [-0.2, 0) is 6.54 Å². The van der Waals surface area contributed by atoms with E-state index >= 15 is 0 Å². The van der Waals surface area contributed by atoms with Gasteiger partial charge in [0.15, 0.2) is 0 Å². The number of hydrogen-bond acceptors (Lipinski definition) is 6. The summed E-state index contributed by atoms with van der Waals surface area (Å²) in [6.07, 6.45) is -0.709. The van der Waals surface area contributed by atoms with E-state index in [1.807, 2.05) is 32.0 Å². The van der Waals surface area contributed by atoms with E-state index in [0.29, 0.717) is 18.6 Å². The summed E-state index contributed by atoms with van der Waals surface area (Å²) in [5, 5.41) is 6.96. The highest BCUT2D eigenvalue weighted by molar-refractivity contribution is 5.49. The fourth-order valence-corrected chi connectivity index (χ4v) is 3.62. The highest BCUT2D eigenvalue weighted by Gasteiger charge is 2.31. The Morgan fingerprint density at radius 2 is 1.77 bits per heavy atom. The van der Waals surface area contributed by atoms with Crippen molar-refractivity contribution in [2.75, 3.05) is 24.3 Å². The first-order valence-corrected chi connectivity index (χ1v) is 10.1. The normalized spacial score (nSPS) is 19.4. The Kier molecular flexibility index (Phi) is 7.02. The van der Waals surface area contributed by atoms with Gasteiger partial charge in [-0.15, -0.1) is 13.2 Å². The van der Waals surface area contributed by atoms with Crippen LogP contribution in [0.1, 0.15) is 37.1 Å². The van der Waals surface area contributed by atoms with E-state index in [0.717, 1.165) is 48.7 Å². The van der Waals surface area contributed by atoms with Crippen LogP contribution in [0.15, 0.2) is 30.3 Å². The van der Waals surface area contributed by atoms with Gasteiger partial charge in [0.2, 0.25) is 0 Å². The highest BCUT2D eigenvalue weighted by atomic mass is 19.4. The Balaban J connectivity index is 1.47. The van der Waals surface area contributed by atoms with E-state index < -0.39 is 6.36 Å². The van der Waals surface area contributed by atoms with Crippen molar-refractivity contribution in [3.05, 3.63) is 41.7 Å². The average molecular weight is 423 g/mol.